The molecule has 174 valence electrons. The van der Waals surface area contributed by atoms with Crippen molar-refractivity contribution in [2.75, 3.05) is 0 Å². The van der Waals surface area contributed by atoms with Crippen LogP contribution in [0.2, 0.25) is 0 Å². The van der Waals surface area contributed by atoms with Crippen molar-refractivity contribution in [3.8, 4) is 32.4 Å². The number of hydrogen-bond acceptors (Lipinski definition) is 3. The van der Waals surface area contributed by atoms with Gasteiger partial charge in [-0.1, -0.05) is 90.6 Å². The van der Waals surface area contributed by atoms with Gasteiger partial charge in [0.2, 0.25) is 0 Å². The van der Waals surface area contributed by atoms with E-state index in [2.05, 4.69) is 109 Å². The summed E-state index contributed by atoms with van der Waals surface area (Å²) in [6, 6.07) is 43.6. The first-order valence-corrected chi connectivity index (χ1v) is 14.0. The summed E-state index contributed by atoms with van der Waals surface area (Å²) in [5, 5.41) is 7.83. The molecule has 0 spiro atoms. The van der Waals surface area contributed by atoms with Crippen molar-refractivity contribution in [2.24, 2.45) is 0 Å². The fourth-order valence-corrected chi connectivity index (χ4v) is 7.45. The molecule has 0 N–H and O–H groups in total. The number of thiophene rings is 1. The number of hydrogen-bond donors (Lipinski definition) is 0. The normalized spacial score (nSPS) is 12.4. The van der Waals surface area contributed by atoms with Crippen molar-refractivity contribution in [1.29, 1.82) is 0 Å². The van der Waals surface area contributed by atoms with Crippen LogP contribution >= 0.6 is 23.1 Å². The minimum atomic E-state index is 0.929. The van der Waals surface area contributed by atoms with E-state index in [9.17, 15) is 0 Å². The Morgan fingerprint density at radius 2 is 1.08 bits per heavy atom. The summed E-state index contributed by atoms with van der Waals surface area (Å²) in [6.07, 6.45) is 0. The third kappa shape index (κ3) is 3.32. The molecule has 1 nitrogen and oxygen atoms in total. The van der Waals surface area contributed by atoms with Gasteiger partial charge in [0, 0.05) is 15.3 Å². The molecule has 0 atom stereocenters. The molecule has 1 aliphatic rings. The highest BCUT2D eigenvalue weighted by atomic mass is 32.2. The molecule has 7 aromatic rings. The molecule has 0 radical (unpaired) electrons. The molecule has 1 aromatic heterocycles. The van der Waals surface area contributed by atoms with E-state index < -0.39 is 0 Å². The van der Waals surface area contributed by atoms with E-state index in [1.807, 2.05) is 23.5 Å². The van der Waals surface area contributed by atoms with Crippen molar-refractivity contribution in [1.82, 2.24) is 0 Å². The Morgan fingerprint density at radius 3 is 1.86 bits per heavy atom. The van der Waals surface area contributed by atoms with Crippen LogP contribution in [-0.4, -0.2) is 0 Å². The molecule has 0 unspecified atom stereocenters. The fraction of sp³-hybridized carbons (Fsp3) is 0. The number of benzene rings is 6. The predicted molar refractivity (Wildman–Crippen MR) is 158 cm³/mol. The Hall–Kier alpha value is -4.05. The lowest BCUT2D eigenvalue weighted by molar-refractivity contribution is 0.456. The van der Waals surface area contributed by atoms with Crippen LogP contribution in [0, 0.1) is 0 Å². The van der Waals surface area contributed by atoms with Gasteiger partial charge in [-0.25, -0.2) is 0 Å². The van der Waals surface area contributed by atoms with Crippen LogP contribution in [0.3, 0.4) is 0 Å². The van der Waals surface area contributed by atoms with Gasteiger partial charge in [-0.2, -0.15) is 0 Å². The molecule has 37 heavy (non-hydrogen) atoms. The third-order valence-corrected chi connectivity index (χ3v) is 9.43. The molecule has 0 saturated carbocycles. The van der Waals surface area contributed by atoms with Crippen molar-refractivity contribution in [2.45, 2.75) is 9.79 Å². The largest absolute Gasteiger partial charge is 0.454 e. The molecule has 6 aromatic carbocycles. The number of ether oxygens (including phenoxy) is 1. The lowest BCUT2D eigenvalue weighted by Gasteiger charge is -2.21. The number of fused-ring (bicyclic) bond motifs is 8. The molecule has 0 amide bonds. The summed E-state index contributed by atoms with van der Waals surface area (Å²) in [4.78, 5) is 4.80. The molecular formula is C34H20OS2. The lowest BCUT2D eigenvalue weighted by atomic mass is 9.93. The zero-order chi connectivity index (χ0) is 24.3. The standard InChI is InChI=1S/C34H20OS2/c1-2-10-24-22(8-1)23-9-3-4-11-25(23)28-20-21(16-17-26(24)28)30-18-19-31(36-30)27-12-7-15-33-34(27)35-29-13-5-6-14-32(29)37-33/h1-20H. The van der Waals surface area contributed by atoms with Crippen LogP contribution in [0.25, 0.3) is 53.2 Å². The van der Waals surface area contributed by atoms with E-state index in [1.165, 1.54) is 47.6 Å². The van der Waals surface area contributed by atoms with Crippen LogP contribution in [0.5, 0.6) is 11.5 Å². The highest BCUT2D eigenvalue weighted by Gasteiger charge is 2.22. The van der Waals surface area contributed by atoms with Crippen LogP contribution in [0.15, 0.2) is 131 Å². The summed E-state index contributed by atoms with van der Waals surface area (Å²) in [5.41, 5.74) is 2.39. The van der Waals surface area contributed by atoms with Crippen molar-refractivity contribution in [3.63, 3.8) is 0 Å². The third-order valence-electron chi connectivity index (χ3n) is 7.16. The van der Waals surface area contributed by atoms with Gasteiger partial charge in [0.15, 0.2) is 0 Å². The lowest BCUT2D eigenvalue weighted by Crippen LogP contribution is -1.96. The molecule has 0 fully saturated rings. The smallest absolute Gasteiger partial charge is 0.150 e. The maximum Gasteiger partial charge on any atom is 0.150 e. The van der Waals surface area contributed by atoms with Gasteiger partial charge < -0.3 is 4.74 Å². The van der Waals surface area contributed by atoms with Crippen molar-refractivity contribution >= 4 is 55.4 Å². The van der Waals surface area contributed by atoms with Gasteiger partial charge in [0.05, 0.1) is 9.79 Å². The zero-order valence-corrected chi connectivity index (χ0v) is 21.4. The van der Waals surface area contributed by atoms with Crippen LogP contribution in [-0.2, 0) is 0 Å². The summed E-state index contributed by atoms with van der Waals surface area (Å²) in [6.45, 7) is 0. The van der Waals surface area contributed by atoms with Gasteiger partial charge in [0.1, 0.15) is 11.5 Å². The Labute approximate surface area is 223 Å². The summed E-state index contributed by atoms with van der Waals surface area (Å²) >= 11 is 3.60. The van der Waals surface area contributed by atoms with Crippen LogP contribution in [0.1, 0.15) is 0 Å². The van der Waals surface area contributed by atoms with Gasteiger partial charge in [-0.05, 0) is 80.3 Å². The van der Waals surface area contributed by atoms with E-state index >= 15 is 0 Å². The average molecular weight is 509 g/mol. The second kappa shape index (κ2) is 8.24. The van der Waals surface area contributed by atoms with Crippen LogP contribution < -0.4 is 4.74 Å². The zero-order valence-electron chi connectivity index (χ0n) is 19.8. The predicted octanol–water partition coefficient (Wildman–Crippen LogP) is 10.8. The van der Waals surface area contributed by atoms with E-state index in [4.69, 9.17) is 4.74 Å². The molecule has 8 rings (SSSR count). The monoisotopic (exact) mass is 508 g/mol. The van der Waals surface area contributed by atoms with E-state index in [0.29, 0.717) is 0 Å². The average Bonchev–Trinajstić information content (AvgIpc) is 3.46. The Morgan fingerprint density at radius 1 is 0.459 bits per heavy atom. The maximum absolute atomic E-state index is 6.41. The van der Waals surface area contributed by atoms with E-state index in [1.54, 1.807) is 11.8 Å². The SMILES string of the molecule is c1ccc2c(c1)Oc1c(cccc1-c1ccc(-c3ccc4c5ccccc5c5ccccc5c4c3)s1)S2. The second-order valence-corrected chi connectivity index (χ2v) is 11.5. The minimum absolute atomic E-state index is 0.929. The molecule has 0 bridgehead atoms. The van der Waals surface area contributed by atoms with Crippen molar-refractivity contribution < 1.29 is 4.74 Å². The topological polar surface area (TPSA) is 9.23 Å². The minimum Gasteiger partial charge on any atom is -0.454 e. The first-order valence-electron chi connectivity index (χ1n) is 12.3. The fourth-order valence-electron chi connectivity index (χ4n) is 5.44. The van der Waals surface area contributed by atoms with Gasteiger partial charge in [-0.3, -0.25) is 0 Å². The Kier molecular flexibility index (Phi) is 4.69. The van der Waals surface area contributed by atoms with Gasteiger partial charge in [-0.15, -0.1) is 11.3 Å². The van der Waals surface area contributed by atoms with E-state index in [0.717, 1.165) is 26.9 Å². The summed E-state index contributed by atoms with van der Waals surface area (Å²) in [5.74, 6) is 1.88. The molecule has 0 aliphatic carbocycles. The van der Waals surface area contributed by atoms with Crippen molar-refractivity contribution in [3.05, 3.63) is 121 Å². The van der Waals surface area contributed by atoms with E-state index in [-0.39, 0.29) is 0 Å². The number of rotatable bonds is 2. The van der Waals surface area contributed by atoms with Gasteiger partial charge in [0.25, 0.3) is 0 Å². The second-order valence-electron chi connectivity index (χ2n) is 9.30. The van der Waals surface area contributed by atoms with Crippen LogP contribution in [0.4, 0.5) is 0 Å². The molecule has 1 aliphatic heterocycles. The maximum atomic E-state index is 6.41. The highest BCUT2D eigenvalue weighted by Crippen LogP contribution is 2.52. The summed E-state index contributed by atoms with van der Waals surface area (Å²) in [7, 11) is 0. The molecule has 2 heterocycles. The quantitative estimate of drug-likeness (QED) is 0.215. The molecule has 3 heteroatoms. The number of para-hydroxylation sites is 2. The first-order chi connectivity index (χ1) is 18.3. The molecule has 0 saturated heterocycles. The van der Waals surface area contributed by atoms with Gasteiger partial charge >= 0.3 is 0 Å². The Balaban J connectivity index is 1.26. The first kappa shape index (κ1) is 21.1. The summed E-state index contributed by atoms with van der Waals surface area (Å²) < 4.78 is 6.41. The highest BCUT2D eigenvalue weighted by molar-refractivity contribution is 7.99. The molecular weight excluding hydrogens is 489 g/mol. The Bertz CT molecular complexity index is 1960.